The largest absolute Gasteiger partial charge is 0.375 e. The second kappa shape index (κ2) is 5.82. The van der Waals surface area contributed by atoms with E-state index >= 15 is 0 Å². The van der Waals surface area contributed by atoms with Crippen LogP contribution >= 0.6 is 15.9 Å². The number of nitrogens with one attached hydrogen (secondary N) is 2. The Balaban J connectivity index is 2.04. The summed E-state index contributed by atoms with van der Waals surface area (Å²) in [5.41, 5.74) is 1.90. The number of carbonyl (C=O) groups is 1. The Morgan fingerprint density at radius 2 is 2.33 bits per heavy atom. The van der Waals surface area contributed by atoms with Crippen molar-refractivity contribution in [3.63, 3.8) is 0 Å². The highest BCUT2D eigenvalue weighted by Crippen LogP contribution is 2.20. The third-order valence-electron chi connectivity index (χ3n) is 3.02. The molecule has 2 atom stereocenters. The van der Waals surface area contributed by atoms with E-state index in [9.17, 15) is 4.79 Å². The highest BCUT2D eigenvalue weighted by Gasteiger charge is 2.28. The zero-order valence-electron chi connectivity index (χ0n) is 10.5. The number of ether oxygens (including phenoxy) is 1. The van der Waals surface area contributed by atoms with Gasteiger partial charge in [-0.15, -0.1) is 0 Å². The summed E-state index contributed by atoms with van der Waals surface area (Å²) in [6.07, 6.45) is -0.102. The molecule has 1 fully saturated rings. The van der Waals surface area contributed by atoms with Crippen molar-refractivity contribution < 1.29 is 9.53 Å². The second-order valence-corrected chi connectivity index (χ2v) is 5.32. The van der Waals surface area contributed by atoms with Gasteiger partial charge in [-0.3, -0.25) is 4.79 Å². The number of carbonyl (C=O) groups excluding carboxylic acids is 1. The molecule has 2 N–H and O–H groups in total. The van der Waals surface area contributed by atoms with Crippen LogP contribution in [-0.2, 0) is 9.53 Å². The van der Waals surface area contributed by atoms with Gasteiger partial charge < -0.3 is 15.4 Å². The molecule has 0 saturated carbocycles. The minimum absolute atomic E-state index is 0.0519. The number of hydrogen-bond acceptors (Lipinski definition) is 3. The molecule has 1 aromatic rings. The maximum absolute atomic E-state index is 12.1. The Kier molecular flexibility index (Phi) is 4.37. The summed E-state index contributed by atoms with van der Waals surface area (Å²) in [6, 6.07) is 5.46. The number of amides is 1. The second-order valence-electron chi connectivity index (χ2n) is 4.46. The topological polar surface area (TPSA) is 50.4 Å². The Morgan fingerprint density at radius 3 is 3.00 bits per heavy atom. The average Bonchev–Trinajstić information content (AvgIpc) is 2.34. The molecule has 0 unspecified atom stereocenters. The summed E-state index contributed by atoms with van der Waals surface area (Å²) in [7, 11) is 0. The predicted molar refractivity (Wildman–Crippen MR) is 74.7 cm³/mol. The summed E-state index contributed by atoms with van der Waals surface area (Å²) in [6.45, 7) is 5.26. The van der Waals surface area contributed by atoms with E-state index in [2.05, 4.69) is 26.6 Å². The SMILES string of the molecule is Cc1cc(NC(=O)[C@H]2NCCO[C@@H]2C)ccc1Br. The van der Waals surface area contributed by atoms with E-state index < -0.39 is 0 Å². The summed E-state index contributed by atoms with van der Waals surface area (Å²) >= 11 is 3.44. The first-order chi connectivity index (χ1) is 8.58. The fourth-order valence-electron chi connectivity index (χ4n) is 1.97. The van der Waals surface area contributed by atoms with Crippen molar-refractivity contribution in [1.82, 2.24) is 5.32 Å². The van der Waals surface area contributed by atoms with Gasteiger partial charge in [-0.1, -0.05) is 15.9 Å². The van der Waals surface area contributed by atoms with Gasteiger partial charge in [0.2, 0.25) is 5.91 Å². The van der Waals surface area contributed by atoms with Crippen LogP contribution in [-0.4, -0.2) is 31.2 Å². The smallest absolute Gasteiger partial charge is 0.244 e. The number of morpholine rings is 1. The number of hydrogen-bond donors (Lipinski definition) is 2. The zero-order valence-corrected chi connectivity index (χ0v) is 12.1. The van der Waals surface area contributed by atoms with Gasteiger partial charge in [0, 0.05) is 16.7 Å². The highest BCUT2D eigenvalue weighted by atomic mass is 79.9. The lowest BCUT2D eigenvalue weighted by molar-refractivity contribution is -0.123. The average molecular weight is 313 g/mol. The number of rotatable bonds is 2. The standard InChI is InChI=1S/C13H17BrN2O2/c1-8-7-10(3-4-11(8)14)16-13(17)12-9(2)18-6-5-15-12/h3-4,7,9,12,15H,5-6H2,1-2H3,(H,16,17)/t9-,12+/m1/s1. The molecule has 1 aliphatic rings. The fraction of sp³-hybridized carbons (Fsp3) is 0.462. The van der Waals surface area contributed by atoms with Crippen LogP contribution in [0.5, 0.6) is 0 Å². The van der Waals surface area contributed by atoms with Crippen molar-refractivity contribution in [2.45, 2.75) is 26.0 Å². The maximum atomic E-state index is 12.1. The van der Waals surface area contributed by atoms with Crippen molar-refractivity contribution in [1.29, 1.82) is 0 Å². The predicted octanol–water partition coefficient (Wildman–Crippen LogP) is 2.07. The molecule has 5 heteroatoms. The van der Waals surface area contributed by atoms with E-state index in [1.807, 2.05) is 32.0 Å². The lowest BCUT2D eigenvalue weighted by atomic mass is 10.1. The van der Waals surface area contributed by atoms with E-state index in [1.54, 1.807) is 0 Å². The van der Waals surface area contributed by atoms with Gasteiger partial charge in [-0.25, -0.2) is 0 Å². The van der Waals surface area contributed by atoms with E-state index in [4.69, 9.17) is 4.74 Å². The Hall–Kier alpha value is -0.910. The molecule has 0 radical (unpaired) electrons. The van der Waals surface area contributed by atoms with Gasteiger partial charge in [0.25, 0.3) is 0 Å². The van der Waals surface area contributed by atoms with Gasteiger partial charge in [-0.2, -0.15) is 0 Å². The van der Waals surface area contributed by atoms with Crippen LogP contribution in [0.4, 0.5) is 5.69 Å². The fourth-order valence-corrected chi connectivity index (χ4v) is 2.22. The summed E-state index contributed by atoms with van der Waals surface area (Å²) < 4.78 is 6.50. The molecule has 18 heavy (non-hydrogen) atoms. The minimum Gasteiger partial charge on any atom is -0.375 e. The molecule has 1 saturated heterocycles. The van der Waals surface area contributed by atoms with Crippen molar-refractivity contribution in [3.8, 4) is 0 Å². The normalized spacial score (nSPS) is 23.7. The Labute approximate surface area is 115 Å². The number of anilines is 1. The third kappa shape index (κ3) is 3.10. The molecule has 1 aliphatic heterocycles. The quantitative estimate of drug-likeness (QED) is 0.879. The highest BCUT2D eigenvalue weighted by molar-refractivity contribution is 9.10. The third-order valence-corrected chi connectivity index (χ3v) is 3.91. The Morgan fingerprint density at radius 1 is 1.56 bits per heavy atom. The van der Waals surface area contributed by atoms with Crippen LogP contribution in [0.15, 0.2) is 22.7 Å². The van der Waals surface area contributed by atoms with Crippen LogP contribution < -0.4 is 10.6 Å². The van der Waals surface area contributed by atoms with Crippen molar-refractivity contribution >= 4 is 27.5 Å². The molecule has 1 heterocycles. The van der Waals surface area contributed by atoms with Crippen molar-refractivity contribution in [2.24, 2.45) is 0 Å². The molecule has 4 nitrogen and oxygen atoms in total. The molecule has 1 amide bonds. The Bertz CT molecular complexity index is 451. The van der Waals surface area contributed by atoms with E-state index in [1.165, 1.54) is 0 Å². The summed E-state index contributed by atoms with van der Waals surface area (Å²) in [5.74, 6) is -0.0519. The number of aryl methyl sites for hydroxylation is 1. The molecule has 98 valence electrons. The molecule has 2 rings (SSSR count). The van der Waals surface area contributed by atoms with Gasteiger partial charge >= 0.3 is 0 Å². The molecule has 1 aromatic carbocycles. The van der Waals surface area contributed by atoms with Gasteiger partial charge in [0.05, 0.1) is 12.7 Å². The molecular formula is C13H17BrN2O2. The first-order valence-electron chi connectivity index (χ1n) is 6.00. The molecule has 0 spiro atoms. The first-order valence-corrected chi connectivity index (χ1v) is 6.79. The first kappa shape index (κ1) is 13.5. The monoisotopic (exact) mass is 312 g/mol. The van der Waals surface area contributed by atoms with E-state index in [-0.39, 0.29) is 18.1 Å². The van der Waals surface area contributed by atoms with Crippen LogP contribution in [0.1, 0.15) is 12.5 Å². The zero-order chi connectivity index (χ0) is 13.1. The van der Waals surface area contributed by atoms with Crippen molar-refractivity contribution in [2.75, 3.05) is 18.5 Å². The minimum atomic E-state index is -0.289. The number of benzene rings is 1. The molecule has 0 aromatic heterocycles. The molecule has 0 aliphatic carbocycles. The van der Waals surface area contributed by atoms with Gasteiger partial charge in [0.1, 0.15) is 6.04 Å². The lowest BCUT2D eigenvalue weighted by Crippen LogP contribution is -2.53. The van der Waals surface area contributed by atoms with E-state index in [0.29, 0.717) is 13.2 Å². The van der Waals surface area contributed by atoms with Crippen LogP contribution in [0.2, 0.25) is 0 Å². The molecular weight excluding hydrogens is 296 g/mol. The van der Waals surface area contributed by atoms with Crippen LogP contribution in [0.3, 0.4) is 0 Å². The van der Waals surface area contributed by atoms with Crippen LogP contribution in [0.25, 0.3) is 0 Å². The van der Waals surface area contributed by atoms with Gasteiger partial charge in [-0.05, 0) is 37.6 Å². The van der Waals surface area contributed by atoms with Gasteiger partial charge in [0.15, 0.2) is 0 Å². The van der Waals surface area contributed by atoms with Crippen molar-refractivity contribution in [3.05, 3.63) is 28.2 Å². The summed E-state index contributed by atoms with van der Waals surface area (Å²) in [4.78, 5) is 12.1. The van der Waals surface area contributed by atoms with E-state index in [0.717, 1.165) is 15.7 Å². The molecule has 0 bridgehead atoms. The maximum Gasteiger partial charge on any atom is 0.244 e. The number of halogens is 1. The summed E-state index contributed by atoms with van der Waals surface area (Å²) in [5, 5.41) is 6.08. The van der Waals surface area contributed by atoms with Crippen LogP contribution in [0, 0.1) is 6.92 Å². The lowest BCUT2D eigenvalue weighted by Gasteiger charge is -2.29.